The number of nitro groups is 1. The van der Waals surface area contributed by atoms with Crippen LogP contribution in [0.25, 0.3) is 0 Å². The fraction of sp³-hybridized carbons (Fsp3) is 0.389. The van der Waals surface area contributed by atoms with E-state index in [0.29, 0.717) is 5.56 Å². The molecule has 1 fully saturated rings. The lowest BCUT2D eigenvalue weighted by Crippen LogP contribution is -2.70. The summed E-state index contributed by atoms with van der Waals surface area (Å²) in [6.07, 6.45) is -0.893. The first-order valence-electron chi connectivity index (χ1n) is 8.87. The minimum absolute atomic E-state index is 0.0974. The summed E-state index contributed by atoms with van der Waals surface area (Å²) in [5, 5.41) is 30.1. The summed E-state index contributed by atoms with van der Waals surface area (Å²) in [7, 11) is 0. The maximum atomic E-state index is 12.8. The largest absolute Gasteiger partial charge is 0.477 e. The minimum Gasteiger partial charge on any atom is -0.477 e. The number of β-lactam (4-membered cyclic amide) rings is 1. The molecule has 0 aromatic heterocycles. The summed E-state index contributed by atoms with van der Waals surface area (Å²) in [5.74, 6) is -3.37. The zero-order valence-corrected chi connectivity index (χ0v) is 17.6. The number of nitrogens with zero attached hydrogens (tertiary/aromatic N) is 2. The number of hydrogen-bond donors (Lipinski definition) is 3. The van der Waals surface area contributed by atoms with Crippen molar-refractivity contribution in [2.75, 3.05) is 0 Å². The van der Waals surface area contributed by atoms with Gasteiger partial charge in [0.05, 0.1) is 26.4 Å². The van der Waals surface area contributed by atoms with Crippen molar-refractivity contribution in [1.29, 1.82) is 0 Å². The van der Waals surface area contributed by atoms with Crippen molar-refractivity contribution < 1.29 is 29.5 Å². The Hall–Kier alpha value is -2.57. The second-order valence-corrected chi connectivity index (χ2v) is 9.97. The molecule has 1 saturated heterocycles. The fourth-order valence-corrected chi connectivity index (χ4v) is 6.94. The first-order valence-corrected chi connectivity index (χ1v) is 10.6. The molecule has 0 spiro atoms. The highest BCUT2D eigenvalue weighted by Gasteiger charge is 2.68. The molecule has 160 valence electrons. The molecule has 1 aromatic carbocycles. The van der Waals surface area contributed by atoms with Gasteiger partial charge in [-0.25, -0.2) is 4.79 Å². The normalized spacial score (nSPS) is 24.8. The zero-order chi connectivity index (χ0) is 22.4. The standard InChI is InChI=1S/C18H19N3O7S2/c1-8(22)12-15(24)20-13(16(25)26)17(29-9(2)14(19)23)30-18(12,20)7-10-3-5-11(6-4-10)21(27)28/h3-6,8-9,12,22H,7H2,1-2H3,(H2,19,23)(H,25,26)/t8-,9?,12+,18-/m1/s1. The first kappa shape index (κ1) is 22.1. The molecule has 10 nitrogen and oxygen atoms in total. The van der Waals surface area contributed by atoms with Gasteiger partial charge in [-0.1, -0.05) is 23.9 Å². The molecule has 0 radical (unpaired) electrons. The number of nitro benzene ring substituents is 1. The number of carbonyl (C=O) groups excluding carboxylic acids is 2. The van der Waals surface area contributed by atoms with Crippen LogP contribution in [-0.2, 0) is 20.8 Å². The van der Waals surface area contributed by atoms with Gasteiger partial charge in [-0.05, 0) is 19.4 Å². The molecule has 2 heterocycles. The summed E-state index contributed by atoms with van der Waals surface area (Å²) in [4.78, 5) is 46.6. The van der Waals surface area contributed by atoms with Crippen LogP contribution in [0.4, 0.5) is 5.69 Å². The highest BCUT2D eigenvalue weighted by molar-refractivity contribution is 8.23. The summed E-state index contributed by atoms with van der Waals surface area (Å²) >= 11 is 2.05. The molecule has 2 aliphatic heterocycles. The lowest BCUT2D eigenvalue weighted by atomic mass is 9.78. The van der Waals surface area contributed by atoms with Crippen LogP contribution in [0.5, 0.6) is 0 Å². The van der Waals surface area contributed by atoms with Crippen molar-refractivity contribution in [2.45, 2.75) is 36.5 Å². The van der Waals surface area contributed by atoms with Crippen molar-refractivity contribution in [1.82, 2.24) is 4.90 Å². The summed E-state index contributed by atoms with van der Waals surface area (Å²) in [5.41, 5.74) is 5.59. The van der Waals surface area contributed by atoms with Crippen molar-refractivity contribution in [3.8, 4) is 0 Å². The molecule has 30 heavy (non-hydrogen) atoms. The van der Waals surface area contributed by atoms with E-state index in [0.717, 1.165) is 28.4 Å². The number of thioether (sulfide) groups is 2. The number of carboxylic acid groups (broad SMARTS) is 1. The Labute approximate surface area is 179 Å². The minimum atomic E-state index is -1.33. The van der Waals surface area contributed by atoms with Crippen molar-refractivity contribution in [2.24, 2.45) is 11.7 Å². The van der Waals surface area contributed by atoms with Crippen LogP contribution < -0.4 is 5.73 Å². The topological polar surface area (TPSA) is 164 Å². The molecule has 1 aromatic rings. The zero-order valence-electron chi connectivity index (χ0n) is 16.0. The number of rotatable bonds is 8. The average Bonchev–Trinajstić information content (AvgIpc) is 2.91. The fourth-order valence-electron chi connectivity index (χ4n) is 3.62. The summed E-state index contributed by atoms with van der Waals surface area (Å²) < 4.78 is 0.257. The molecular weight excluding hydrogens is 434 g/mol. The molecule has 0 aliphatic carbocycles. The Morgan fingerprint density at radius 3 is 2.43 bits per heavy atom. The van der Waals surface area contributed by atoms with Crippen LogP contribution in [0.15, 0.2) is 34.2 Å². The number of carbonyl (C=O) groups is 3. The first-order chi connectivity index (χ1) is 14.0. The smallest absolute Gasteiger partial charge is 0.354 e. The van der Waals surface area contributed by atoms with E-state index in [1.165, 1.54) is 38.1 Å². The van der Waals surface area contributed by atoms with E-state index in [9.17, 15) is 34.7 Å². The highest BCUT2D eigenvalue weighted by Crippen LogP contribution is 2.63. The van der Waals surface area contributed by atoms with Gasteiger partial charge in [-0.3, -0.25) is 24.6 Å². The van der Waals surface area contributed by atoms with Gasteiger partial charge < -0.3 is 15.9 Å². The van der Waals surface area contributed by atoms with Gasteiger partial charge in [-0.15, -0.1) is 11.8 Å². The van der Waals surface area contributed by atoms with Crippen LogP contribution in [0.1, 0.15) is 19.4 Å². The third-order valence-electron chi connectivity index (χ3n) is 5.01. The van der Waals surface area contributed by atoms with Crippen LogP contribution in [0, 0.1) is 16.0 Å². The van der Waals surface area contributed by atoms with Gasteiger partial charge >= 0.3 is 5.97 Å². The molecular formula is C18H19N3O7S2. The second kappa shape index (κ2) is 7.93. The van der Waals surface area contributed by atoms with E-state index >= 15 is 0 Å². The molecule has 3 rings (SSSR count). The summed E-state index contributed by atoms with van der Waals surface area (Å²) in [6, 6.07) is 5.71. The van der Waals surface area contributed by atoms with Crippen molar-refractivity contribution >= 4 is 47.0 Å². The number of fused-ring (bicyclic) bond motifs is 1. The maximum absolute atomic E-state index is 12.8. The van der Waals surface area contributed by atoms with Gasteiger partial charge in [0.1, 0.15) is 4.87 Å². The molecule has 12 heteroatoms. The Morgan fingerprint density at radius 1 is 1.37 bits per heavy atom. The molecule has 2 aliphatic rings. The average molecular weight is 453 g/mol. The number of aliphatic carboxylic acids is 1. The third-order valence-corrected chi connectivity index (χ3v) is 7.86. The number of non-ortho nitro benzene ring substituents is 1. The van der Waals surface area contributed by atoms with E-state index in [1.807, 2.05) is 0 Å². The number of benzene rings is 1. The lowest BCUT2D eigenvalue weighted by molar-refractivity contribution is -0.384. The number of hydrogen-bond acceptors (Lipinski definition) is 8. The van der Waals surface area contributed by atoms with Crippen LogP contribution in [-0.4, -0.2) is 54.0 Å². The SMILES string of the molecule is CC(SC1=C(C(=O)O)N2C(=O)[C@H]([C@@H](C)O)[C@@]2(Cc2ccc([N+](=O)[O-])cc2)S1)C(N)=O. The van der Waals surface area contributed by atoms with E-state index in [1.54, 1.807) is 0 Å². The second-order valence-electron chi connectivity index (χ2n) is 7.04. The number of aliphatic hydroxyl groups is 1. The van der Waals surface area contributed by atoms with Crippen LogP contribution >= 0.6 is 23.5 Å². The Morgan fingerprint density at radius 2 is 1.97 bits per heavy atom. The number of amides is 2. The van der Waals surface area contributed by atoms with E-state index < -0.39 is 44.8 Å². The van der Waals surface area contributed by atoms with E-state index in [4.69, 9.17) is 5.73 Å². The van der Waals surface area contributed by atoms with Crippen LogP contribution in [0.2, 0.25) is 0 Å². The van der Waals surface area contributed by atoms with Gasteiger partial charge in [0, 0.05) is 18.6 Å². The maximum Gasteiger partial charge on any atom is 0.354 e. The molecule has 0 saturated carbocycles. The number of aliphatic hydroxyl groups excluding tert-OH is 1. The van der Waals surface area contributed by atoms with Crippen molar-refractivity contribution in [3.05, 3.63) is 49.9 Å². The summed E-state index contributed by atoms with van der Waals surface area (Å²) in [6.45, 7) is 2.99. The van der Waals surface area contributed by atoms with E-state index in [-0.39, 0.29) is 22.0 Å². The monoisotopic (exact) mass is 453 g/mol. The molecule has 4 N–H and O–H groups in total. The van der Waals surface area contributed by atoms with Gasteiger partial charge in [0.25, 0.3) is 5.69 Å². The number of primary amides is 1. The highest BCUT2D eigenvalue weighted by atomic mass is 32.2. The number of nitrogens with two attached hydrogens (primary N) is 1. The molecule has 1 unspecified atom stereocenters. The lowest BCUT2D eigenvalue weighted by Gasteiger charge is -2.54. The molecule has 0 bridgehead atoms. The van der Waals surface area contributed by atoms with E-state index in [2.05, 4.69) is 0 Å². The van der Waals surface area contributed by atoms with Gasteiger partial charge in [-0.2, -0.15) is 0 Å². The number of carboxylic acids is 1. The Balaban J connectivity index is 2.01. The molecule has 4 atom stereocenters. The predicted octanol–water partition coefficient (Wildman–Crippen LogP) is 1.28. The van der Waals surface area contributed by atoms with Crippen molar-refractivity contribution in [3.63, 3.8) is 0 Å². The van der Waals surface area contributed by atoms with Gasteiger partial charge in [0.2, 0.25) is 11.8 Å². The third kappa shape index (κ3) is 3.55. The molecule has 2 amide bonds. The Bertz CT molecular complexity index is 963. The predicted molar refractivity (Wildman–Crippen MR) is 110 cm³/mol. The van der Waals surface area contributed by atoms with Crippen LogP contribution in [0.3, 0.4) is 0 Å². The van der Waals surface area contributed by atoms with Gasteiger partial charge in [0.15, 0.2) is 5.70 Å². The Kier molecular flexibility index (Phi) is 5.85. The quantitative estimate of drug-likeness (QED) is 0.299.